The van der Waals surface area contributed by atoms with E-state index in [2.05, 4.69) is 64.7 Å². The number of anilines is 1. The number of fused-ring (bicyclic) bond motifs is 1. The highest BCUT2D eigenvalue weighted by Crippen LogP contribution is 2.23. The molecule has 0 unspecified atom stereocenters. The Morgan fingerprint density at radius 3 is 2.48 bits per heavy atom. The van der Waals surface area contributed by atoms with Crippen LogP contribution in [0, 0.1) is 16.0 Å². The van der Waals surface area contributed by atoms with Crippen LogP contribution < -0.4 is 15.4 Å². The number of rotatable bonds is 14. The van der Waals surface area contributed by atoms with Gasteiger partial charge < -0.3 is 24.8 Å². The normalized spacial score (nSPS) is 12.2. The van der Waals surface area contributed by atoms with Gasteiger partial charge in [0, 0.05) is 55.4 Å². The second-order valence-electron chi connectivity index (χ2n) is 11.9. The van der Waals surface area contributed by atoms with Gasteiger partial charge in [-0.05, 0) is 64.3 Å². The number of nitrogens with zero attached hydrogens (tertiary/aromatic N) is 4. The molecule has 0 aliphatic carbocycles. The van der Waals surface area contributed by atoms with Crippen LogP contribution in [0.15, 0.2) is 104 Å². The first-order valence-corrected chi connectivity index (χ1v) is 16.3. The van der Waals surface area contributed by atoms with Crippen molar-refractivity contribution < 1.29 is 14.5 Å². The van der Waals surface area contributed by atoms with E-state index in [9.17, 15) is 14.9 Å². The van der Waals surface area contributed by atoms with Gasteiger partial charge in [0.15, 0.2) is 5.11 Å². The smallest absolute Gasteiger partial charge is 0.269 e. The van der Waals surface area contributed by atoms with Crippen LogP contribution in [0.2, 0.25) is 0 Å². The van der Waals surface area contributed by atoms with Crippen molar-refractivity contribution in [1.29, 1.82) is 0 Å². The first kappa shape index (κ1) is 34.1. The molecule has 2 atom stereocenters. The Balaban J connectivity index is 1.34. The van der Waals surface area contributed by atoms with Gasteiger partial charge in [-0.3, -0.25) is 14.9 Å². The monoisotopic (exact) mass is 664 g/mol. The Bertz CT molecular complexity index is 1850. The molecule has 0 fully saturated rings. The predicted molar refractivity (Wildman–Crippen MR) is 193 cm³/mol. The quantitative estimate of drug-likeness (QED) is 0.0743. The summed E-state index contributed by atoms with van der Waals surface area (Å²) in [6, 6.07) is 28.4. The maximum Gasteiger partial charge on any atom is 0.269 e. The van der Waals surface area contributed by atoms with Crippen LogP contribution in [-0.4, -0.2) is 50.1 Å². The van der Waals surface area contributed by atoms with Crippen LogP contribution in [0.5, 0.6) is 5.75 Å². The average molecular weight is 665 g/mol. The van der Waals surface area contributed by atoms with Gasteiger partial charge in [0.05, 0.1) is 24.8 Å². The standard InChI is InChI=1S/C37H40N6O4S/c1-4-26(2)35(40-36(44)20-32-21-38-25-42(32)22-27-12-16-31(17-13-27)43(45)46)24-41(37(48)39-30-14-18-33(47-3)19-15-30)23-29-10-7-9-28-8-5-6-11-34(28)29/h5-19,21,25-26,35H,4,20,22-24H2,1-3H3,(H,39,48)(H,40,44)/t26-,35+/m0/s1. The lowest BCUT2D eigenvalue weighted by Crippen LogP contribution is -2.50. The Kier molecular flexibility index (Phi) is 11.4. The molecule has 0 saturated heterocycles. The number of benzene rings is 4. The third-order valence-electron chi connectivity index (χ3n) is 8.60. The summed E-state index contributed by atoms with van der Waals surface area (Å²) < 4.78 is 7.21. The van der Waals surface area contributed by atoms with Crippen LogP contribution in [-0.2, 0) is 24.3 Å². The van der Waals surface area contributed by atoms with Crippen molar-refractivity contribution in [3.05, 3.63) is 130 Å². The van der Waals surface area contributed by atoms with E-state index in [0.29, 0.717) is 24.7 Å². The number of carbonyl (C=O) groups is 1. The van der Waals surface area contributed by atoms with Gasteiger partial charge >= 0.3 is 0 Å². The number of imidazole rings is 1. The number of aromatic nitrogens is 2. The van der Waals surface area contributed by atoms with E-state index in [4.69, 9.17) is 17.0 Å². The van der Waals surface area contributed by atoms with Gasteiger partial charge in [-0.1, -0.05) is 74.9 Å². The molecule has 0 aliphatic rings. The Labute approximate surface area is 285 Å². The molecule has 2 N–H and O–H groups in total. The molecular formula is C37H40N6O4S. The maximum absolute atomic E-state index is 13.6. The number of thiocarbonyl (C=S) groups is 1. The zero-order chi connectivity index (χ0) is 34.0. The molecule has 1 amide bonds. The molecule has 5 rings (SSSR count). The third-order valence-corrected chi connectivity index (χ3v) is 8.96. The van der Waals surface area contributed by atoms with E-state index in [1.165, 1.54) is 12.1 Å². The molecule has 1 aromatic heterocycles. The number of carbonyl (C=O) groups excluding carboxylic acids is 1. The highest BCUT2D eigenvalue weighted by Gasteiger charge is 2.24. The van der Waals surface area contributed by atoms with Crippen molar-refractivity contribution in [2.75, 3.05) is 19.0 Å². The maximum atomic E-state index is 13.6. The van der Waals surface area contributed by atoms with Crippen molar-refractivity contribution in [1.82, 2.24) is 19.8 Å². The molecule has 0 saturated carbocycles. The second-order valence-corrected chi connectivity index (χ2v) is 12.2. The molecule has 4 aromatic carbocycles. The first-order valence-electron chi connectivity index (χ1n) is 15.9. The summed E-state index contributed by atoms with van der Waals surface area (Å²) in [6.07, 6.45) is 4.36. The summed E-state index contributed by atoms with van der Waals surface area (Å²) >= 11 is 6.01. The third kappa shape index (κ3) is 8.74. The minimum Gasteiger partial charge on any atom is -0.497 e. The summed E-state index contributed by atoms with van der Waals surface area (Å²) in [6.45, 7) is 5.74. The summed E-state index contributed by atoms with van der Waals surface area (Å²) in [5.74, 6) is 0.801. The van der Waals surface area contributed by atoms with Gasteiger partial charge in [-0.25, -0.2) is 4.98 Å². The topological polar surface area (TPSA) is 115 Å². The Morgan fingerprint density at radius 1 is 1.04 bits per heavy atom. The van der Waals surface area contributed by atoms with Crippen molar-refractivity contribution >= 4 is 45.4 Å². The molecule has 11 heteroatoms. The van der Waals surface area contributed by atoms with Gasteiger partial charge in [-0.15, -0.1) is 0 Å². The lowest BCUT2D eigenvalue weighted by atomic mass is 9.97. The van der Waals surface area contributed by atoms with Crippen LogP contribution in [0.4, 0.5) is 11.4 Å². The number of ether oxygens (including phenoxy) is 1. The van der Waals surface area contributed by atoms with Gasteiger partial charge in [0.2, 0.25) is 5.91 Å². The zero-order valence-corrected chi connectivity index (χ0v) is 28.2. The lowest BCUT2D eigenvalue weighted by Gasteiger charge is -2.33. The van der Waals surface area contributed by atoms with Gasteiger partial charge in [-0.2, -0.15) is 0 Å². The second kappa shape index (κ2) is 16.0. The lowest BCUT2D eigenvalue weighted by molar-refractivity contribution is -0.384. The first-order chi connectivity index (χ1) is 23.2. The van der Waals surface area contributed by atoms with Gasteiger partial charge in [0.25, 0.3) is 5.69 Å². The summed E-state index contributed by atoms with van der Waals surface area (Å²) in [4.78, 5) is 30.6. The van der Waals surface area contributed by atoms with Crippen molar-refractivity contribution in [3.63, 3.8) is 0 Å². The number of hydrogen-bond donors (Lipinski definition) is 2. The predicted octanol–water partition coefficient (Wildman–Crippen LogP) is 6.97. The minimum atomic E-state index is -0.421. The van der Waals surface area contributed by atoms with Crippen LogP contribution >= 0.6 is 12.2 Å². The number of amides is 1. The van der Waals surface area contributed by atoms with E-state index in [-0.39, 0.29) is 30.0 Å². The molecule has 5 aromatic rings. The highest BCUT2D eigenvalue weighted by atomic mass is 32.1. The van der Waals surface area contributed by atoms with E-state index >= 15 is 0 Å². The number of nitro groups is 1. The van der Waals surface area contributed by atoms with Gasteiger partial charge in [0.1, 0.15) is 5.75 Å². The van der Waals surface area contributed by atoms with Crippen molar-refractivity contribution in [2.45, 2.75) is 45.8 Å². The molecular weight excluding hydrogens is 625 g/mol. The molecule has 1 heterocycles. The Morgan fingerprint density at radius 2 is 1.77 bits per heavy atom. The molecule has 248 valence electrons. The zero-order valence-electron chi connectivity index (χ0n) is 27.3. The number of non-ortho nitro benzene ring substituents is 1. The SMILES string of the molecule is CC[C@H](C)[C@@H](CN(Cc1cccc2ccccc12)C(=S)Nc1ccc(OC)cc1)NC(=O)Cc1cncn1Cc1ccc([N+](=O)[O-])cc1. The molecule has 0 radical (unpaired) electrons. The number of nitrogens with one attached hydrogen (secondary N) is 2. The van der Waals surface area contributed by atoms with Crippen molar-refractivity contribution in [2.24, 2.45) is 5.92 Å². The Hall–Kier alpha value is -5.29. The summed E-state index contributed by atoms with van der Waals surface area (Å²) in [5, 5.41) is 20.6. The van der Waals surface area contributed by atoms with Crippen molar-refractivity contribution in [3.8, 4) is 5.75 Å². The van der Waals surface area contributed by atoms with E-state index in [0.717, 1.165) is 45.5 Å². The fraction of sp³-hybridized carbons (Fsp3) is 0.270. The highest BCUT2D eigenvalue weighted by molar-refractivity contribution is 7.80. The van der Waals surface area contributed by atoms with Crippen LogP contribution in [0.3, 0.4) is 0 Å². The molecule has 0 spiro atoms. The van der Waals surface area contributed by atoms with Crippen LogP contribution in [0.1, 0.15) is 37.1 Å². The number of hydrogen-bond acceptors (Lipinski definition) is 6. The fourth-order valence-corrected chi connectivity index (χ4v) is 5.86. The van der Waals surface area contributed by atoms with E-state index in [1.54, 1.807) is 31.8 Å². The van der Waals surface area contributed by atoms with E-state index < -0.39 is 4.92 Å². The summed E-state index contributed by atoms with van der Waals surface area (Å²) in [5.41, 5.74) is 3.64. The fourth-order valence-electron chi connectivity index (χ4n) is 5.60. The molecule has 48 heavy (non-hydrogen) atoms. The molecule has 0 bridgehead atoms. The number of methoxy groups -OCH3 is 1. The average Bonchev–Trinajstić information content (AvgIpc) is 3.53. The van der Waals surface area contributed by atoms with Crippen LogP contribution in [0.25, 0.3) is 10.8 Å². The minimum absolute atomic E-state index is 0.0354. The number of nitro benzene ring substituents is 1. The molecule has 0 aliphatic heterocycles. The molecule has 10 nitrogen and oxygen atoms in total. The van der Waals surface area contributed by atoms with E-state index in [1.807, 2.05) is 41.0 Å². The summed E-state index contributed by atoms with van der Waals surface area (Å²) in [7, 11) is 1.63. The largest absolute Gasteiger partial charge is 0.497 e.